The molecule has 1 aromatic rings. The van der Waals surface area contributed by atoms with Crippen molar-refractivity contribution in [2.24, 2.45) is 5.92 Å². The van der Waals surface area contributed by atoms with E-state index in [9.17, 15) is 4.79 Å². The lowest BCUT2D eigenvalue weighted by Crippen LogP contribution is -2.26. The molecule has 0 N–H and O–H groups in total. The van der Waals surface area contributed by atoms with Gasteiger partial charge in [-0.25, -0.2) is 0 Å². The van der Waals surface area contributed by atoms with Crippen molar-refractivity contribution >= 4 is 21.7 Å². The molecule has 4 heteroatoms. The van der Waals surface area contributed by atoms with Crippen molar-refractivity contribution in [3.05, 3.63) is 34.3 Å². The fraction of sp³-hybridized carbons (Fsp3) is 0.417. The lowest BCUT2D eigenvalue weighted by molar-refractivity contribution is -0.0683. The van der Waals surface area contributed by atoms with Gasteiger partial charge >= 0.3 is 0 Å². The van der Waals surface area contributed by atoms with E-state index in [4.69, 9.17) is 9.47 Å². The van der Waals surface area contributed by atoms with Crippen LogP contribution in [0.3, 0.4) is 0 Å². The highest BCUT2D eigenvalue weighted by Crippen LogP contribution is 2.20. The second-order valence-corrected chi connectivity index (χ2v) is 4.69. The minimum absolute atomic E-state index is 0.0550. The van der Waals surface area contributed by atoms with Gasteiger partial charge in [0.15, 0.2) is 12.1 Å². The first kappa shape index (κ1) is 11.8. The van der Waals surface area contributed by atoms with E-state index >= 15 is 0 Å². The van der Waals surface area contributed by atoms with E-state index in [-0.39, 0.29) is 11.7 Å². The first-order chi connectivity index (χ1) is 7.68. The molecule has 1 heterocycles. The number of carbonyl (C=O) groups excluding carboxylic acids is 1. The Balaban J connectivity index is 2.08. The number of halogens is 1. The van der Waals surface area contributed by atoms with Crippen LogP contribution < -0.4 is 0 Å². The molecule has 1 unspecified atom stereocenters. The summed E-state index contributed by atoms with van der Waals surface area (Å²) in [4.78, 5) is 12.1. The zero-order valence-electron chi connectivity index (χ0n) is 8.98. The molecular weight excluding hydrogens is 272 g/mol. The summed E-state index contributed by atoms with van der Waals surface area (Å²) >= 11 is 3.34. The lowest BCUT2D eigenvalue weighted by Gasteiger charge is -2.16. The van der Waals surface area contributed by atoms with Gasteiger partial charge in [0.2, 0.25) is 0 Å². The standard InChI is InChI=1S/C12H13BrO3/c1-8(12-15-6-7-16-12)11(14)9-2-4-10(13)5-3-9/h2-5,8,12H,6-7H2,1H3. The highest BCUT2D eigenvalue weighted by atomic mass is 79.9. The Morgan fingerprint density at radius 3 is 2.44 bits per heavy atom. The molecule has 1 aliphatic heterocycles. The van der Waals surface area contributed by atoms with Crippen molar-refractivity contribution in [1.82, 2.24) is 0 Å². The summed E-state index contributed by atoms with van der Waals surface area (Å²) in [6.07, 6.45) is -0.392. The van der Waals surface area contributed by atoms with Gasteiger partial charge in [-0.3, -0.25) is 4.79 Å². The molecule has 0 saturated carbocycles. The van der Waals surface area contributed by atoms with E-state index in [0.29, 0.717) is 18.8 Å². The summed E-state index contributed by atoms with van der Waals surface area (Å²) in [7, 11) is 0. The summed E-state index contributed by atoms with van der Waals surface area (Å²) in [5, 5.41) is 0. The molecule has 0 aromatic heterocycles. The van der Waals surface area contributed by atoms with Crippen LogP contribution in [0.15, 0.2) is 28.7 Å². The maximum absolute atomic E-state index is 12.1. The smallest absolute Gasteiger partial charge is 0.170 e. The normalized spacial score (nSPS) is 18.6. The molecule has 16 heavy (non-hydrogen) atoms. The van der Waals surface area contributed by atoms with Gasteiger partial charge in [0.05, 0.1) is 19.1 Å². The molecule has 1 aliphatic rings. The van der Waals surface area contributed by atoms with Crippen molar-refractivity contribution in [1.29, 1.82) is 0 Å². The molecule has 3 nitrogen and oxygen atoms in total. The molecule has 0 amide bonds. The zero-order chi connectivity index (χ0) is 11.5. The van der Waals surface area contributed by atoms with Crippen LogP contribution in [0.2, 0.25) is 0 Å². The highest BCUT2D eigenvalue weighted by Gasteiger charge is 2.29. The molecule has 1 fully saturated rings. The molecule has 0 bridgehead atoms. The number of ketones is 1. The number of ether oxygens (including phenoxy) is 2. The summed E-state index contributed by atoms with van der Waals surface area (Å²) in [6.45, 7) is 2.98. The largest absolute Gasteiger partial charge is 0.349 e. The van der Waals surface area contributed by atoms with Crippen molar-refractivity contribution in [3.63, 3.8) is 0 Å². The van der Waals surface area contributed by atoms with Gasteiger partial charge in [0.25, 0.3) is 0 Å². The topological polar surface area (TPSA) is 35.5 Å². The van der Waals surface area contributed by atoms with Crippen molar-refractivity contribution < 1.29 is 14.3 Å². The molecule has 86 valence electrons. The van der Waals surface area contributed by atoms with Gasteiger partial charge in [0, 0.05) is 10.0 Å². The average Bonchev–Trinajstić information content (AvgIpc) is 2.81. The summed E-state index contributed by atoms with van der Waals surface area (Å²) in [5.41, 5.74) is 0.690. The maximum atomic E-state index is 12.1. The van der Waals surface area contributed by atoms with Gasteiger partial charge in [0.1, 0.15) is 0 Å². The Hall–Kier alpha value is -0.710. The number of carbonyl (C=O) groups is 1. The number of benzene rings is 1. The van der Waals surface area contributed by atoms with Crippen LogP contribution in [0.1, 0.15) is 17.3 Å². The van der Waals surface area contributed by atoms with Gasteiger partial charge in [-0.1, -0.05) is 35.0 Å². The summed E-state index contributed by atoms with van der Waals surface area (Å²) in [5.74, 6) is -0.205. The van der Waals surface area contributed by atoms with Crippen LogP contribution in [0.4, 0.5) is 0 Å². The second-order valence-electron chi connectivity index (χ2n) is 3.77. The SMILES string of the molecule is CC(C(=O)c1ccc(Br)cc1)C1OCCO1. The van der Waals surface area contributed by atoms with Crippen molar-refractivity contribution in [3.8, 4) is 0 Å². The van der Waals surface area contributed by atoms with Gasteiger partial charge in [-0.15, -0.1) is 0 Å². The predicted molar refractivity (Wildman–Crippen MR) is 63.3 cm³/mol. The number of hydrogen-bond acceptors (Lipinski definition) is 3. The van der Waals surface area contributed by atoms with E-state index in [1.807, 2.05) is 19.1 Å². The molecule has 2 rings (SSSR count). The average molecular weight is 285 g/mol. The molecule has 0 radical (unpaired) electrons. The first-order valence-corrected chi connectivity index (χ1v) is 6.01. The third-order valence-electron chi connectivity index (χ3n) is 2.60. The fourth-order valence-corrected chi connectivity index (χ4v) is 1.93. The monoisotopic (exact) mass is 284 g/mol. The van der Waals surface area contributed by atoms with E-state index < -0.39 is 6.29 Å². The Bertz CT molecular complexity index is 368. The van der Waals surface area contributed by atoms with Gasteiger partial charge in [-0.05, 0) is 12.1 Å². The van der Waals surface area contributed by atoms with Crippen LogP contribution in [0.25, 0.3) is 0 Å². The highest BCUT2D eigenvalue weighted by molar-refractivity contribution is 9.10. The van der Waals surface area contributed by atoms with Crippen molar-refractivity contribution in [2.45, 2.75) is 13.2 Å². The van der Waals surface area contributed by atoms with Crippen LogP contribution in [0.5, 0.6) is 0 Å². The lowest BCUT2D eigenvalue weighted by atomic mass is 9.99. The van der Waals surface area contributed by atoms with E-state index in [1.54, 1.807) is 12.1 Å². The van der Waals surface area contributed by atoms with E-state index in [2.05, 4.69) is 15.9 Å². The van der Waals surface area contributed by atoms with Crippen molar-refractivity contribution in [2.75, 3.05) is 13.2 Å². The van der Waals surface area contributed by atoms with Crippen LogP contribution in [-0.2, 0) is 9.47 Å². The third-order valence-corrected chi connectivity index (χ3v) is 3.13. The molecule has 1 saturated heterocycles. The Labute approximate surface area is 103 Å². The predicted octanol–water partition coefficient (Wildman–Crippen LogP) is 2.64. The summed E-state index contributed by atoms with van der Waals surface area (Å²) in [6, 6.07) is 7.32. The molecule has 1 atom stereocenters. The fourth-order valence-electron chi connectivity index (χ4n) is 1.67. The Morgan fingerprint density at radius 1 is 1.31 bits per heavy atom. The van der Waals surface area contributed by atoms with Gasteiger partial charge in [-0.2, -0.15) is 0 Å². The van der Waals surface area contributed by atoms with E-state index in [0.717, 1.165) is 4.47 Å². The molecule has 0 aliphatic carbocycles. The first-order valence-electron chi connectivity index (χ1n) is 5.21. The zero-order valence-corrected chi connectivity index (χ0v) is 10.6. The van der Waals surface area contributed by atoms with E-state index in [1.165, 1.54) is 0 Å². The molecule has 1 aromatic carbocycles. The molecular formula is C12H13BrO3. The number of Topliss-reactive ketones (excluding diaryl/α,β-unsaturated/α-hetero) is 1. The Morgan fingerprint density at radius 2 is 1.88 bits per heavy atom. The minimum Gasteiger partial charge on any atom is -0.349 e. The number of hydrogen-bond donors (Lipinski definition) is 0. The number of rotatable bonds is 3. The van der Waals surface area contributed by atoms with Crippen LogP contribution >= 0.6 is 15.9 Å². The third kappa shape index (κ3) is 2.51. The van der Waals surface area contributed by atoms with Crippen LogP contribution in [-0.4, -0.2) is 25.3 Å². The minimum atomic E-state index is -0.392. The summed E-state index contributed by atoms with van der Waals surface area (Å²) < 4.78 is 11.6. The molecule has 0 spiro atoms. The van der Waals surface area contributed by atoms with Crippen LogP contribution in [0, 0.1) is 5.92 Å². The van der Waals surface area contributed by atoms with Gasteiger partial charge < -0.3 is 9.47 Å². The maximum Gasteiger partial charge on any atom is 0.170 e. The Kier molecular flexibility index (Phi) is 3.74. The quantitative estimate of drug-likeness (QED) is 0.801. The second kappa shape index (κ2) is 5.08.